The number of ether oxygens (including phenoxy) is 1. The van der Waals surface area contributed by atoms with Gasteiger partial charge in [-0.15, -0.1) is 0 Å². The molecule has 31 heavy (non-hydrogen) atoms. The van der Waals surface area contributed by atoms with Crippen LogP contribution in [0.25, 0.3) is 11.3 Å². The standard InChI is InChI=1S/C21H22N4O4S2/c1-21(2,3)29-20(26)24(4)11-15-8-19(18-14-30-13-16(18)9-22)25(12-15)31(27,28)17-6-5-7-23-10-17/h5-8,10,12-14H,11H2,1-4H3. The topological polar surface area (TPSA) is 105 Å². The van der Waals surface area contributed by atoms with Crippen LogP contribution in [0, 0.1) is 11.3 Å². The van der Waals surface area contributed by atoms with Crippen molar-refractivity contribution in [2.45, 2.75) is 37.8 Å². The van der Waals surface area contributed by atoms with Gasteiger partial charge in [-0.05, 0) is 44.5 Å². The second-order valence-corrected chi connectivity index (χ2v) is 10.4. The molecule has 3 heterocycles. The van der Waals surface area contributed by atoms with Gasteiger partial charge in [0.15, 0.2) is 0 Å². The Hall–Kier alpha value is -3.16. The maximum absolute atomic E-state index is 13.3. The maximum atomic E-state index is 13.3. The molecule has 162 valence electrons. The molecule has 0 aromatic carbocycles. The van der Waals surface area contributed by atoms with Gasteiger partial charge < -0.3 is 9.64 Å². The first kappa shape index (κ1) is 22.5. The molecule has 0 bridgehead atoms. The second kappa shape index (κ2) is 8.53. The van der Waals surface area contributed by atoms with Crippen LogP contribution in [-0.2, 0) is 21.3 Å². The zero-order valence-corrected chi connectivity index (χ0v) is 19.2. The highest BCUT2D eigenvalue weighted by molar-refractivity contribution is 7.90. The van der Waals surface area contributed by atoms with Crippen molar-refractivity contribution in [3.63, 3.8) is 0 Å². The van der Waals surface area contributed by atoms with E-state index in [-0.39, 0.29) is 11.4 Å². The Morgan fingerprint density at radius 1 is 1.35 bits per heavy atom. The van der Waals surface area contributed by atoms with Gasteiger partial charge in [0.05, 0.1) is 17.8 Å². The van der Waals surface area contributed by atoms with Crippen molar-refractivity contribution in [2.24, 2.45) is 0 Å². The first-order valence-electron chi connectivity index (χ1n) is 9.30. The first-order chi connectivity index (χ1) is 14.5. The van der Waals surface area contributed by atoms with Crippen molar-refractivity contribution in [1.29, 1.82) is 5.26 Å². The molecule has 0 radical (unpaired) electrons. The number of aromatic nitrogens is 2. The monoisotopic (exact) mass is 458 g/mol. The van der Waals surface area contributed by atoms with Crippen molar-refractivity contribution < 1.29 is 17.9 Å². The molecule has 8 nitrogen and oxygen atoms in total. The lowest BCUT2D eigenvalue weighted by atomic mass is 10.1. The fourth-order valence-corrected chi connectivity index (χ4v) is 4.98. The average molecular weight is 459 g/mol. The molecule has 3 aromatic heterocycles. The van der Waals surface area contributed by atoms with Crippen LogP contribution in [0.3, 0.4) is 0 Å². The van der Waals surface area contributed by atoms with Gasteiger partial charge in [0, 0.05) is 42.0 Å². The fraction of sp³-hybridized carbons (Fsp3) is 0.286. The molecule has 0 aliphatic heterocycles. The number of hydrogen-bond acceptors (Lipinski definition) is 7. The predicted molar refractivity (Wildman–Crippen MR) is 117 cm³/mol. The predicted octanol–water partition coefficient (Wildman–Crippen LogP) is 4.09. The first-order valence-corrected chi connectivity index (χ1v) is 11.7. The highest BCUT2D eigenvalue weighted by Gasteiger charge is 2.25. The van der Waals surface area contributed by atoms with E-state index in [9.17, 15) is 18.5 Å². The number of rotatable bonds is 5. The normalized spacial score (nSPS) is 11.7. The van der Waals surface area contributed by atoms with E-state index in [4.69, 9.17) is 4.74 Å². The summed E-state index contributed by atoms with van der Waals surface area (Å²) < 4.78 is 33.1. The van der Waals surface area contributed by atoms with E-state index in [0.29, 0.717) is 22.4 Å². The fourth-order valence-electron chi connectivity index (χ4n) is 2.85. The lowest BCUT2D eigenvalue weighted by Crippen LogP contribution is -2.33. The molecule has 0 aliphatic carbocycles. The number of carbonyl (C=O) groups is 1. The van der Waals surface area contributed by atoms with Gasteiger partial charge >= 0.3 is 6.09 Å². The number of thiophene rings is 1. The largest absolute Gasteiger partial charge is 0.444 e. The summed E-state index contributed by atoms with van der Waals surface area (Å²) in [5, 5.41) is 12.8. The van der Waals surface area contributed by atoms with Crippen LogP contribution in [0.1, 0.15) is 31.9 Å². The molecule has 0 spiro atoms. The van der Waals surface area contributed by atoms with Gasteiger partial charge in [-0.2, -0.15) is 16.6 Å². The van der Waals surface area contributed by atoms with Crippen molar-refractivity contribution in [3.05, 3.63) is 58.7 Å². The lowest BCUT2D eigenvalue weighted by Gasteiger charge is -2.24. The smallest absolute Gasteiger partial charge is 0.410 e. The molecule has 10 heteroatoms. The van der Waals surface area contributed by atoms with E-state index in [1.807, 2.05) is 0 Å². The second-order valence-electron chi connectivity index (χ2n) is 7.87. The van der Waals surface area contributed by atoms with E-state index in [2.05, 4.69) is 11.1 Å². The minimum atomic E-state index is -3.97. The van der Waals surface area contributed by atoms with E-state index in [0.717, 1.165) is 3.97 Å². The number of pyridine rings is 1. The number of amides is 1. The van der Waals surface area contributed by atoms with E-state index in [1.165, 1.54) is 40.9 Å². The molecule has 0 saturated heterocycles. The molecule has 1 amide bonds. The summed E-state index contributed by atoms with van der Waals surface area (Å²) in [6.45, 7) is 5.44. The van der Waals surface area contributed by atoms with Crippen LogP contribution < -0.4 is 0 Å². The minimum absolute atomic E-state index is 0.0210. The van der Waals surface area contributed by atoms with Gasteiger partial charge in [0.2, 0.25) is 0 Å². The molecule has 0 fully saturated rings. The molecule has 0 atom stereocenters. The number of carbonyl (C=O) groups excluding carboxylic acids is 1. The van der Waals surface area contributed by atoms with Gasteiger partial charge in [-0.1, -0.05) is 0 Å². The summed E-state index contributed by atoms with van der Waals surface area (Å²) in [5.74, 6) is 0. The van der Waals surface area contributed by atoms with E-state index >= 15 is 0 Å². The van der Waals surface area contributed by atoms with Crippen LogP contribution >= 0.6 is 11.3 Å². The van der Waals surface area contributed by atoms with Crippen LogP contribution in [0.2, 0.25) is 0 Å². The van der Waals surface area contributed by atoms with Crippen LogP contribution in [0.15, 0.2) is 52.4 Å². The van der Waals surface area contributed by atoms with Gasteiger partial charge in [-0.25, -0.2) is 17.2 Å². The molecular weight excluding hydrogens is 436 g/mol. The lowest BCUT2D eigenvalue weighted by molar-refractivity contribution is 0.0285. The number of hydrogen-bond donors (Lipinski definition) is 0. The molecule has 3 rings (SSSR count). The summed E-state index contributed by atoms with van der Waals surface area (Å²) in [6.07, 6.45) is 3.69. The highest BCUT2D eigenvalue weighted by Crippen LogP contribution is 2.32. The summed E-state index contributed by atoms with van der Waals surface area (Å²) in [4.78, 5) is 17.6. The molecule has 0 unspecified atom stereocenters. The Morgan fingerprint density at radius 3 is 2.71 bits per heavy atom. The molecular formula is C21H22N4O4S2. The Balaban J connectivity index is 2.06. The third-order valence-corrected chi connectivity index (χ3v) is 6.62. The Morgan fingerprint density at radius 2 is 2.10 bits per heavy atom. The molecule has 0 saturated carbocycles. The van der Waals surface area contributed by atoms with Gasteiger partial charge in [0.25, 0.3) is 10.0 Å². The van der Waals surface area contributed by atoms with Crippen molar-refractivity contribution in [2.75, 3.05) is 7.05 Å². The molecule has 3 aromatic rings. The Kier molecular flexibility index (Phi) is 6.20. The van der Waals surface area contributed by atoms with Crippen molar-refractivity contribution in [3.8, 4) is 17.3 Å². The summed E-state index contributed by atoms with van der Waals surface area (Å²) >= 11 is 1.31. The van der Waals surface area contributed by atoms with Gasteiger partial charge in [0.1, 0.15) is 16.6 Å². The van der Waals surface area contributed by atoms with Crippen molar-refractivity contribution in [1.82, 2.24) is 13.9 Å². The van der Waals surface area contributed by atoms with E-state index < -0.39 is 21.7 Å². The zero-order chi connectivity index (χ0) is 22.8. The van der Waals surface area contributed by atoms with Crippen molar-refractivity contribution >= 4 is 27.5 Å². The third kappa shape index (κ3) is 4.95. The maximum Gasteiger partial charge on any atom is 0.410 e. The Labute approximate surface area is 185 Å². The van der Waals surface area contributed by atoms with Crippen LogP contribution in [-0.4, -0.2) is 41.0 Å². The molecule has 0 aliphatic rings. The average Bonchev–Trinajstić information content (AvgIpc) is 3.34. The van der Waals surface area contributed by atoms with E-state index in [1.54, 1.807) is 50.7 Å². The SMILES string of the molecule is CN(Cc1cc(-c2cscc2C#N)n(S(=O)(=O)c2cccnc2)c1)C(=O)OC(C)(C)C. The number of nitrogens with zero attached hydrogens (tertiary/aromatic N) is 4. The highest BCUT2D eigenvalue weighted by atomic mass is 32.2. The quantitative estimate of drug-likeness (QED) is 0.570. The Bertz CT molecular complexity index is 1230. The van der Waals surface area contributed by atoms with Crippen LogP contribution in [0.5, 0.6) is 0 Å². The summed E-state index contributed by atoms with van der Waals surface area (Å²) in [7, 11) is -2.39. The molecule has 0 N–H and O–H groups in total. The summed E-state index contributed by atoms with van der Waals surface area (Å²) in [6, 6.07) is 6.75. The van der Waals surface area contributed by atoms with Crippen LogP contribution in [0.4, 0.5) is 4.79 Å². The van der Waals surface area contributed by atoms with Gasteiger partial charge in [-0.3, -0.25) is 4.98 Å². The zero-order valence-electron chi connectivity index (χ0n) is 17.6. The third-order valence-electron chi connectivity index (χ3n) is 4.22. The minimum Gasteiger partial charge on any atom is -0.444 e. The number of nitriles is 1. The summed E-state index contributed by atoms with van der Waals surface area (Å²) in [5.41, 5.74) is 1.15.